The first-order chi connectivity index (χ1) is 16.0. The molecule has 4 heterocycles. The minimum atomic E-state index is -0.520. The summed E-state index contributed by atoms with van der Waals surface area (Å²) in [6.07, 6.45) is 3.82. The van der Waals surface area contributed by atoms with Gasteiger partial charge in [0.2, 0.25) is 0 Å². The van der Waals surface area contributed by atoms with Crippen molar-refractivity contribution in [3.63, 3.8) is 0 Å². The summed E-state index contributed by atoms with van der Waals surface area (Å²) in [5.74, 6) is 0.0209. The second-order valence-corrected chi connectivity index (χ2v) is 8.00. The van der Waals surface area contributed by atoms with Crippen LogP contribution in [0, 0.1) is 11.3 Å². The van der Waals surface area contributed by atoms with Crippen LogP contribution < -0.4 is 10.2 Å². The highest BCUT2D eigenvalue weighted by atomic mass is 16.3. The van der Waals surface area contributed by atoms with Gasteiger partial charge in [-0.05, 0) is 37.2 Å². The van der Waals surface area contributed by atoms with E-state index in [1.54, 1.807) is 18.2 Å². The number of hydrogen-bond acceptors (Lipinski definition) is 9. The number of fused-ring (bicyclic) bond motifs is 1. The quantitative estimate of drug-likeness (QED) is 0.523. The number of rotatable bonds is 5. The Balaban J connectivity index is 1.49. The molecule has 0 aliphatic carbocycles. The molecule has 0 radical (unpaired) electrons. The number of anilines is 1. The Morgan fingerprint density at radius 2 is 2.06 bits per heavy atom. The Morgan fingerprint density at radius 1 is 1.21 bits per heavy atom. The van der Waals surface area contributed by atoms with Crippen molar-refractivity contribution in [3.8, 4) is 11.8 Å². The zero-order chi connectivity index (χ0) is 23.4. The first kappa shape index (κ1) is 22.4. The molecule has 1 aliphatic heterocycles. The molecule has 3 aromatic heterocycles. The summed E-state index contributed by atoms with van der Waals surface area (Å²) < 4.78 is 0. The zero-order valence-electron chi connectivity index (χ0n) is 18.3. The summed E-state index contributed by atoms with van der Waals surface area (Å²) in [5.41, 5.74) is 1.43. The third-order valence-corrected chi connectivity index (χ3v) is 5.93. The van der Waals surface area contributed by atoms with Crippen molar-refractivity contribution < 1.29 is 15.0 Å². The number of carbonyl (C=O) groups excluding carboxylic acids is 1. The molecule has 0 unspecified atom stereocenters. The van der Waals surface area contributed by atoms with Gasteiger partial charge in [0, 0.05) is 43.8 Å². The van der Waals surface area contributed by atoms with Gasteiger partial charge in [-0.15, -0.1) is 0 Å². The number of pyridine rings is 3. The van der Waals surface area contributed by atoms with Crippen molar-refractivity contribution in [2.24, 2.45) is 0 Å². The number of nitrogens with one attached hydrogen (secondary N) is 1. The second-order valence-electron chi connectivity index (χ2n) is 8.00. The molecule has 1 aliphatic rings. The zero-order valence-corrected chi connectivity index (χ0v) is 18.3. The molecule has 1 fully saturated rings. The molecule has 1 atom stereocenters. The van der Waals surface area contributed by atoms with Gasteiger partial charge in [-0.1, -0.05) is 6.07 Å². The molecule has 0 spiro atoms. The maximum Gasteiger partial charge on any atom is 0.274 e. The Morgan fingerprint density at radius 3 is 2.79 bits per heavy atom. The van der Waals surface area contributed by atoms with Crippen LogP contribution in [0.25, 0.3) is 10.9 Å². The molecule has 170 valence electrons. The summed E-state index contributed by atoms with van der Waals surface area (Å²) in [6.45, 7) is 2.65. The smallest absolute Gasteiger partial charge is 0.274 e. The fourth-order valence-electron chi connectivity index (χ4n) is 3.84. The van der Waals surface area contributed by atoms with Crippen LogP contribution in [-0.4, -0.2) is 75.3 Å². The summed E-state index contributed by atoms with van der Waals surface area (Å²) >= 11 is 0. The van der Waals surface area contributed by atoms with E-state index in [1.807, 2.05) is 19.2 Å². The number of aromatic nitrogens is 3. The summed E-state index contributed by atoms with van der Waals surface area (Å²) in [6, 6.07) is 8.91. The molecule has 33 heavy (non-hydrogen) atoms. The van der Waals surface area contributed by atoms with E-state index >= 15 is 0 Å². The van der Waals surface area contributed by atoms with Gasteiger partial charge < -0.3 is 20.4 Å². The van der Waals surface area contributed by atoms with E-state index in [-0.39, 0.29) is 30.6 Å². The first-order valence-electron chi connectivity index (χ1n) is 10.7. The van der Waals surface area contributed by atoms with Crippen molar-refractivity contribution in [2.45, 2.75) is 19.0 Å². The average molecular weight is 447 g/mol. The number of hydrogen-bond donors (Lipinski definition) is 3. The van der Waals surface area contributed by atoms with Gasteiger partial charge in [0.1, 0.15) is 17.6 Å². The molecule has 1 saturated heterocycles. The number of aliphatic hydroxyl groups excluding tert-OH is 1. The van der Waals surface area contributed by atoms with E-state index < -0.39 is 5.91 Å². The Kier molecular flexibility index (Phi) is 6.63. The maximum absolute atomic E-state index is 12.6. The molecule has 3 aromatic rings. The lowest BCUT2D eigenvalue weighted by Gasteiger charge is -2.22. The molecule has 10 nitrogen and oxygen atoms in total. The molecular weight excluding hydrogens is 422 g/mol. The van der Waals surface area contributed by atoms with Gasteiger partial charge in [-0.25, -0.2) is 15.0 Å². The number of aromatic hydroxyl groups is 1. The SMILES string of the molecule is CN1CCN(c2ccc3c(O)c(C(=O)NCc4ccc(C#N)nc4)ncc3n2)CC[C@@H]1CO. The second kappa shape index (κ2) is 9.77. The number of amides is 1. The van der Waals surface area contributed by atoms with Crippen molar-refractivity contribution in [1.29, 1.82) is 5.26 Å². The number of likely N-dealkylation sites (N-methyl/N-ethyl adjacent to an activating group) is 1. The lowest BCUT2D eigenvalue weighted by atomic mass is 10.2. The van der Waals surface area contributed by atoms with E-state index in [9.17, 15) is 15.0 Å². The Bertz CT molecular complexity index is 1190. The van der Waals surface area contributed by atoms with E-state index in [2.05, 4.69) is 30.1 Å². The molecular formula is C23H25N7O3. The first-order valence-corrected chi connectivity index (χ1v) is 10.7. The Labute approximate surface area is 191 Å². The average Bonchev–Trinajstić information content (AvgIpc) is 3.04. The van der Waals surface area contributed by atoms with Crippen molar-refractivity contribution in [3.05, 3.63) is 53.6 Å². The van der Waals surface area contributed by atoms with Crippen LogP contribution in [-0.2, 0) is 6.54 Å². The number of carbonyl (C=O) groups is 1. The molecule has 0 aromatic carbocycles. The summed E-state index contributed by atoms with van der Waals surface area (Å²) in [5, 5.41) is 32.2. The van der Waals surface area contributed by atoms with Crippen molar-refractivity contribution in [2.75, 3.05) is 38.2 Å². The Hall–Kier alpha value is -3.81. The highest BCUT2D eigenvalue weighted by Gasteiger charge is 2.22. The van der Waals surface area contributed by atoms with Crippen LogP contribution >= 0.6 is 0 Å². The van der Waals surface area contributed by atoms with Gasteiger partial charge >= 0.3 is 0 Å². The lowest BCUT2D eigenvalue weighted by Crippen LogP contribution is -2.35. The minimum Gasteiger partial charge on any atom is -0.505 e. The predicted octanol–water partition coefficient (Wildman–Crippen LogP) is 1.03. The van der Waals surface area contributed by atoms with E-state index in [0.29, 0.717) is 16.6 Å². The van der Waals surface area contributed by atoms with Crippen LogP contribution in [0.15, 0.2) is 36.7 Å². The number of nitrogens with zero attached hydrogens (tertiary/aromatic N) is 6. The largest absolute Gasteiger partial charge is 0.505 e. The van der Waals surface area contributed by atoms with Crippen LogP contribution in [0.1, 0.15) is 28.2 Å². The summed E-state index contributed by atoms with van der Waals surface area (Å²) in [4.78, 5) is 29.6. The van der Waals surface area contributed by atoms with Crippen molar-refractivity contribution in [1.82, 2.24) is 25.2 Å². The van der Waals surface area contributed by atoms with Gasteiger partial charge in [0.15, 0.2) is 11.4 Å². The standard InChI is InChI=1S/C23H25N7O3/c1-29-8-9-30(7-6-17(29)14-31)20-5-4-18-19(28-20)13-26-21(22(18)32)23(33)27-12-15-2-3-16(10-24)25-11-15/h2-5,11,13,17,31-32H,6-9,12,14H2,1H3,(H,27,33)/t17-/m1/s1. The molecule has 0 saturated carbocycles. The number of aliphatic hydroxyl groups is 1. The van der Waals surface area contributed by atoms with Crippen molar-refractivity contribution >= 4 is 22.6 Å². The van der Waals surface area contributed by atoms with Crippen LogP contribution in [0.3, 0.4) is 0 Å². The van der Waals surface area contributed by atoms with Crippen LogP contribution in [0.2, 0.25) is 0 Å². The maximum atomic E-state index is 12.6. The van der Waals surface area contributed by atoms with E-state index in [1.165, 1.54) is 12.4 Å². The van der Waals surface area contributed by atoms with E-state index in [0.717, 1.165) is 37.4 Å². The van der Waals surface area contributed by atoms with E-state index in [4.69, 9.17) is 5.26 Å². The third-order valence-electron chi connectivity index (χ3n) is 5.93. The third kappa shape index (κ3) is 4.84. The van der Waals surface area contributed by atoms with Gasteiger partial charge in [0.25, 0.3) is 5.91 Å². The highest BCUT2D eigenvalue weighted by Crippen LogP contribution is 2.28. The molecule has 0 bridgehead atoms. The van der Waals surface area contributed by atoms with Gasteiger partial charge in [-0.2, -0.15) is 5.26 Å². The topological polar surface area (TPSA) is 138 Å². The summed E-state index contributed by atoms with van der Waals surface area (Å²) in [7, 11) is 2.00. The normalized spacial score (nSPS) is 16.9. The minimum absolute atomic E-state index is 0.0826. The molecule has 3 N–H and O–H groups in total. The number of nitriles is 1. The fraction of sp³-hybridized carbons (Fsp3) is 0.348. The molecule has 1 amide bonds. The molecule has 10 heteroatoms. The lowest BCUT2D eigenvalue weighted by molar-refractivity contribution is 0.0943. The van der Waals surface area contributed by atoms with Gasteiger partial charge in [-0.3, -0.25) is 9.69 Å². The van der Waals surface area contributed by atoms with Gasteiger partial charge in [0.05, 0.1) is 18.3 Å². The molecule has 4 rings (SSSR count). The highest BCUT2D eigenvalue weighted by molar-refractivity contribution is 6.00. The predicted molar refractivity (Wildman–Crippen MR) is 122 cm³/mol. The van der Waals surface area contributed by atoms with Crippen LogP contribution in [0.4, 0.5) is 5.82 Å². The van der Waals surface area contributed by atoms with Crippen LogP contribution in [0.5, 0.6) is 5.75 Å². The monoisotopic (exact) mass is 447 g/mol. The fourth-order valence-corrected chi connectivity index (χ4v) is 3.84.